The Bertz CT molecular complexity index is 155. The Hall–Kier alpha value is -0.200. The van der Waals surface area contributed by atoms with Gasteiger partial charge < -0.3 is 20.4 Å². The molecule has 1 heterocycles. The molecule has 3 atom stereocenters. The minimum Gasteiger partial charge on any atom is -0.396 e. The van der Waals surface area contributed by atoms with Crippen LogP contribution in [0.25, 0.3) is 0 Å². The summed E-state index contributed by atoms with van der Waals surface area (Å²) >= 11 is 0. The van der Waals surface area contributed by atoms with Crippen molar-refractivity contribution in [3.63, 3.8) is 0 Å². The van der Waals surface area contributed by atoms with Crippen LogP contribution in [0.15, 0.2) is 0 Å². The van der Waals surface area contributed by atoms with Gasteiger partial charge in [-0.15, -0.1) is 0 Å². The van der Waals surface area contributed by atoms with Crippen LogP contribution >= 0.6 is 0 Å². The number of likely N-dealkylation sites (tertiary alicyclic amines) is 1. The highest BCUT2D eigenvalue weighted by Gasteiger charge is 2.33. The van der Waals surface area contributed by atoms with Crippen molar-refractivity contribution in [2.45, 2.75) is 12.2 Å². The lowest BCUT2D eigenvalue weighted by atomic mass is 9.93. The predicted octanol–water partition coefficient (Wildman–Crippen LogP) is -2.38. The van der Waals surface area contributed by atoms with Gasteiger partial charge in [0.25, 0.3) is 0 Å². The maximum atomic E-state index is 9.42. The van der Waals surface area contributed by atoms with Gasteiger partial charge in [0, 0.05) is 32.2 Å². The summed E-state index contributed by atoms with van der Waals surface area (Å²) in [6, 6.07) is 0. The molecule has 3 unspecified atom stereocenters. The van der Waals surface area contributed by atoms with Crippen LogP contribution in [-0.2, 0) is 0 Å². The molecule has 5 nitrogen and oxygen atoms in total. The molecule has 1 rings (SSSR count). The van der Waals surface area contributed by atoms with Gasteiger partial charge in [0.15, 0.2) is 0 Å². The van der Waals surface area contributed by atoms with Crippen LogP contribution in [0.4, 0.5) is 0 Å². The monoisotopic (exact) mass is 191 g/mol. The molecule has 0 bridgehead atoms. The van der Waals surface area contributed by atoms with E-state index in [1.165, 1.54) is 0 Å². The van der Waals surface area contributed by atoms with Crippen molar-refractivity contribution in [2.24, 2.45) is 5.92 Å². The average Bonchev–Trinajstić information content (AvgIpc) is 2.11. The molecule has 0 amide bonds. The largest absolute Gasteiger partial charge is 0.396 e. The topological polar surface area (TPSA) is 84.2 Å². The van der Waals surface area contributed by atoms with Gasteiger partial charge in [-0.1, -0.05) is 0 Å². The lowest BCUT2D eigenvalue weighted by Gasteiger charge is -2.38. The summed E-state index contributed by atoms with van der Waals surface area (Å²) in [5.74, 6) is -0.310. The number of hydrogen-bond donors (Lipinski definition) is 4. The summed E-state index contributed by atoms with van der Waals surface area (Å²) in [4.78, 5) is 1.83. The quantitative estimate of drug-likeness (QED) is 0.400. The third kappa shape index (κ3) is 2.62. The number of aliphatic hydroxyl groups excluding tert-OH is 4. The lowest BCUT2D eigenvalue weighted by molar-refractivity contribution is -0.0878. The first kappa shape index (κ1) is 10.9. The summed E-state index contributed by atoms with van der Waals surface area (Å²) < 4.78 is 0. The Kier molecular flexibility index (Phi) is 4.08. The van der Waals surface area contributed by atoms with Crippen LogP contribution in [0.3, 0.4) is 0 Å². The second-order valence-electron chi connectivity index (χ2n) is 3.48. The van der Waals surface area contributed by atoms with Crippen molar-refractivity contribution >= 4 is 0 Å². The molecule has 1 fully saturated rings. The van der Waals surface area contributed by atoms with E-state index in [0.717, 1.165) is 0 Å². The van der Waals surface area contributed by atoms with Gasteiger partial charge in [-0.05, 0) is 0 Å². The molecule has 0 spiro atoms. The highest BCUT2D eigenvalue weighted by Crippen LogP contribution is 2.16. The van der Waals surface area contributed by atoms with Crippen LogP contribution < -0.4 is 0 Å². The smallest absolute Gasteiger partial charge is 0.0929 e. The Labute approximate surface area is 77.2 Å². The molecular formula is C8H17NO4. The van der Waals surface area contributed by atoms with Crippen LogP contribution in [0.5, 0.6) is 0 Å². The fourth-order valence-electron chi connectivity index (χ4n) is 1.69. The number of hydrogen-bond acceptors (Lipinski definition) is 5. The van der Waals surface area contributed by atoms with E-state index >= 15 is 0 Å². The summed E-state index contributed by atoms with van der Waals surface area (Å²) in [6.45, 7) is 1.24. The Morgan fingerprint density at radius 3 is 2.38 bits per heavy atom. The van der Waals surface area contributed by atoms with Crippen LogP contribution in [-0.4, -0.2) is 70.4 Å². The van der Waals surface area contributed by atoms with Gasteiger partial charge in [0.1, 0.15) is 0 Å². The molecule has 78 valence electrons. The number of nitrogens with zero attached hydrogens (tertiary/aromatic N) is 1. The van der Waals surface area contributed by atoms with E-state index in [4.69, 9.17) is 10.2 Å². The molecule has 0 aromatic carbocycles. The first-order valence-electron chi connectivity index (χ1n) is 4.49. The zero-order chi connectivity index (χ0) is 9.84. The molecule has 1 aliphatic heterocycles. The molecule has 4 N–H and O–H groups in total. The first-order valence-corrected chi connectivity index (χ1v) is 4.49. The van der Waals surface area contributed by atoms with E-state index in [9.17, 15) is 10.2 Å². The first-order chi connectivity index (χ1) is 6.19. The normalized spacial score (nSPS) is 36.5. The summed E-state index contributed by atoms with van der Waals surface area (Å²) in [7, 11) is 0. The van der Waals surface area contributed by atoms with Crippen molar-refractivity contribution < 1.29 is 20.4 Å². The van der Waals surface area contributed by atoms with Crippen molar-refractivity contribution in [1.29, 1.82) is 0 Å². The third-order valence-corrected chi connectivity index (χ3v) is 2.47. The molecule has 1 saturated heterocycles. The standard InChI is InChI=1S/C8H17NO4/c10-2-1-9-3-6(5-11)8(13)7(12)4-9/h6-8,10-13H,1-5H2. The van der Waals surface area contributed by atoms with E-state index in [2.05, 4.69) is 0 Å². The van der Waals surface area contributed by atoms with E-state index in [1.807, 2.05) is 4.90 Å². The Balaban J connectivity index is 2.47. The number of rotatable bonds is 3. The fourth-order valence-corrected chi connectivity index (χ4v) is 1.69. The van der Waals surface area contributed by atoms with Gasteiger partial charge in [-0.2, -0.15) is 0 Å². The number of aliphatic hydroxyl groups is 4. The molecule has 0 radical (unpaired) electrons. The molecule has 1 aliphatic rings. The second-order valence-corrected chi connectivity index (χ2v) is 3.48. The van der Waals surface area contributed by atoms with Crippen molar-refractivity contribution in [1.82, 2.24) is 4.90 Å². The SMILES string of the molecule is OCCN1CC(O)C(O)C(CO)C1. The third-order valence-electron chi connectivity index (χ3n) is 2.47. The molecule has 13 heavy (non-hydrogen) atoms. The molecule has 5 heteroatoms. The van der Waals surface area contributed by atoms with Crippen LogP contribution in [0, 0.1) is 5.92 Å². The van der Waals surface area contributed by atoms with Crippen molar-refractivity contribution in [3.05, 3.63) is 0 Å². The molecule has 0 aromatic heterocycles. The van der Waals surface area contributed by atoms with E-state index in [1.54, 1.807) is 0 Å². The minimum atomic E-state index is -0.847. The van der Waals surface area contributed by atoms with Gasteiger partial charge in [0.2, 0.25) is 0 Å². The fraction of sp³-hybridized carbons (Fsp3) is 1.00. The van der Waals surface area contributed by atoms with Crippen LogP contribution in [0.1, 0.15) is 0 Å². The van der Waals surface area contributed by atoms with Gasteiger partial charge in [-0.25, -0.2) is 0 Å². The molecular weight excluding hydrogens is 174 g/mol. The summed E-state index contributed by atoms with van der Waals surface area (Å²) in [6.07, 6.45) is -1.67. The average molecular weight is 191 g/mol. The zero-order valence-electron chi connectivity index (χ0n) is 7.50. The zero-order valence-corrected chi connectivity index (χ0v) is 7.50. The summed E-state index contributed by atoms with van der Waals surface area (Å²) in [5.41, 5.74) is 0. The second kappa shape index (κ2) is 4.88. The Morgan fingerprint density at radius 1 is 1.15 bits per heavy atom. The highest BCUT2D eigenvalue weighted by molar-refractivity contribution is 4.85. The number of β-amino-alcohol motifs (C(OH)–C–C–N with tert-alkyl or cyclic N) is 2. The van der Waals surface area contributed by atoms with Gasteiger partial charge >= 0.3 is 0 Å². The predicted molar refractivity (Wildman–Crippen MR) is 46.1 cm³/mol. The molecule has 0 aromatic rings. The van der Waals surface area contributed by atoms with Crippen molar-refractivity contribution in [3.8, 4) is 0 Å². The summed E-state index contributed by atoms with van der Waals surface area (Å²) in [5, 5.41) is 36.4. The Morgan fingerprint density at radius 2 is 1.85 bits per heavy atom. The lowest BCUT2D eigenvalue weighted by Crippen LogP contribution is -2.54. The van der Waals surface area contributed by atoms with E-state index in [0.29, 0.717) is 19.6 Å². The molecule has 0 saturated carbocycles. The highest BCUT2D eigenvalue weighted by atomic mass is 16.3. The van der Waals surface area contributed by atoms with E-state index < -0.39 is 12.2 Å². The van der Waals surface area contributed by atoms with Crippen LogP contribution in [0.2, 0.25) is 0 Å². The number of piperidine rings is 1. The van der Waals surface area contributed by atoms with Crippen molar-refractivity contribution in [2.75, 3.05) is 32.8 Å². The van der Waals surface area contributed by atoms with Gasteiger partial charge in [-0.3, -0.25) is 4.90 Å². The maximum Gasteiger partial charge on any atom is 0.0929 e. The van der Waals surface area contributed by atoms with Gasteiger partial charge in [0.05, 0.1) is 18.8 Å². The van der Waals surface area contributed by atoms with E-state index in [-0.39, 0.29) is 19.1 Å². The molecule has 0 aliphatic carbocycles. The maximum absolute atomic E-state index is 9.42. The minimum absolute atomic E-state index is 0.0287.